The zero-order chi connectivity index (χ0) is 16.4. The minimum Gasteiger partial charge on any atom is -0.326 e. The van der Waals surface area contributed by atoms with E-state index >= 15 is 0 Å². The Morgan fingerprint density at radius 2 is 2.09 bits per heavy atom. The molecule has 1 fully saturated rings. The van der Waals surface area contributed by atoms with Crippen LogP contribution in [0.1, 0.15) is 31.7 Å². The molecule has 1 amide bonds. The summed E-state index contributed by atoms with van der Waals surface area (Å²) >= 11 is 0. The molecule has 1 aromatic carbocycles. The summed E-state index contributed by atoms with van der Waals surface area (Å²) in [7, 11) is -3.16. The molecule has 1 saturated heterocycles. The van der Waals surface area contributed by atoms with Crippen LogP contribution in [0, 0.1) is 11.8 Å². The predicted octanol–water partition coefficient (Wildman–Crippen LogP) is 1.98. The van der Waals surface area contributed by atoms with Crippen molar-refractivity contribution in [2.24, 2.45) is 11.8 Å². The first-order valence-electron chi connectivity index (χ1n) is 8.32. The average Bonchev–Trinajstić information content (AvgIpc) is 2.83. The number of carbonyl (C=O) groups is 1. The van der Waals surface area contributed by atoms with Crippen molar-refractivity contribution in [1.29, 1.82) is 0 Å². The van der Waals surface area contributed by atoms with Gasteiger partial charge in [0.05, 0.1) is 10.6 Å². The largest absolute Gasteiger partial charge is 0.326 e. The summed E-state index contributed by atoms with van der Waals surface area (Å²) in [5.41, 5.74) is 1.43. The van der Waals surface area contributed by atoms with E-state index in [1.807, 2.05) is 6.07 Å². The van der Waals surface area contributed by atoms with Gasteiger partial charge in [0.1, 0.15) is 0 Å². The number of fused-ring (bicyclic) bond motifs is 1. The number of piperidine rings is 1. The lowest BCUT2D eigenvalue weighted by atomic mass is 9.84. The molecule has 2 heterocycles. The van der Waals surface area contributed by atoms with Crippen molar-refractivity contribution < 1.29 is 13.2 Å². The van der Waals surface area contributed by atoms with Gasteiger partial charge in [-0.25, -0.2) is 8.42 Å². The first-order chi connectivity index (χ1) is 11.0. The Morgan fingerprint density at radius 3 is 2.83 bits per heavy atom. The van der Waals surface area contributed by atoms with Gasteiger partial charge in [-0.3, -0.25) is 4.79 Å². The molecular formula is C17H24N2O3S. The molecule has 23 heavy (non-hydrogen) atoms. The lowest BCUT2D eigenvalue weighted by molar-refractivity contribution is -0.117. The van der Waals surface area contributed by atoms with E-state index in [0.717, 1.165) is 31.5 Å². The maximum absolute atomic E-state index is 12.3. The fourth-order valence-electron chi connectivity index (χ4n) is 3.57. The van der Waals surface area contributed by atoms with Gasteiger partial charge in [-0.1, -0.05) is 13.0 Å². The zero-order valence-corrected chi connectivity index (χ0v) is 14.3. The highest BCUT2D eigenvalue weighted by Crippen LogP contribution is 2.29. The molecule has 1 unspecified atom stereocenters. The molecule has 6 heteroatoms. The van der Waals surface area contributed by atoms with Gasteiger partial charge in [0.25, 0.3) is 0 Å². The van der Waals surface area contributed by atoms with Crippen LogP contribution in [0.25, 0.3) is 0 Å². The van der Waals surface area contributed by atoms with Crippen molar-refractivity contribution in [3.05, 3.63) is 23.8 Å². The number of benzene rings is 1. The minimum atomic E-state index is -3.16. The maximum Gasteiger partial charge on any atom is 0.224 e. The van der Waals surface area contributed by atoms with Crippen LogP contribution < -0.4 is 10.6 Å². The second-order valence-electron chi connectivity index (χ2n) is 6.71. The molecule has 0 aliphatic carbocycles. The molecule has 3 rings (SSSR count). The quantitative estimate of drug-likeness (QED) is 0.882. The third-order valence-corrected chi connectivity index (χ3v) is 6.81. The molecule has 0 bridgehead atoms. The molecule has 0 aromatic heterocycles. The van der Waals surface area contributed by atoms with Crippen molar-refractivity contribution >= 4 is 21.4 Å². The molecular weight excluding hydrogens is 312 g/mol. The zero-order valence-electron chi connectivity index (χ0n) is 13.5. The Morgan fingerprint density at radius 1 is 1.35 bits per heavy atom. The van der Waals surface area contributed by atoms with Gasteiger partial charge in [-0.05, 0) is 61.9 Å². The predicted molar refractivity (Wildman–Crippen MR) is 90.2 cm³/mol. The summed E-state index contributed by atoms with van der Waals surface area (Å²) in [6.45, 7) is 4.18. The Balaban J connectivity index is 1.62. The topological polar surface area (TPSA) is 75.3 Å². The second-order valence-corrected chi connectivity index (χ2v) is 8.79. The van der Waals surface area contributed by atoms with Crippen LogP contribution in [-0.2, 0) is 21.1 Å². The van der Waals surface area contributed by atoms with Crippen LogP contribution in [0.5, 0.6) is 0 Å². The smallest absolute Gasteiger partial charge is 0.224 e. The first-order valence-corrected chi connectivity index (χ1v) is 9.97. The van der Waals surface area contributed by atoms with Crippen LogP contribution in [0.4, 0.5) is 5.69 Å². The van der Waals surface area contributed by atoms with Gasteiger partial charge in [0.2, 0.25) is 5.91 Å². The molecule has 0 spiro atoms. The van der Waals surface area contributed by atoms with Gasteiger partial charge >= 0.3 is 0 Å². The summed E-state index contributed by atoms with van der Waals surface area (Å²) in [4.78, 5) is 12.6. The standard InChI is InChI=1S/C17H24N2O3S/c1-12(13-4-7-18-8-5-13)10-17(20)19-15-3-2-14-6-9-23(21,22)16(14)11-15/h2-3,11-13,18H,4-10H2,1H3,(H,19,20). The minimum absolute atomic E-state index is 0.0358. The van der Waals surface area contributed by atoms with Crippen molar-refractivity contribution in [1.82, 2.24) is 5.32 Å². The van der Waals surface area contributed by atoms with Crippen LogP contribution >= 0.6 is 0 Å². The Bertz CT molecular complexity index is 694. The Hall–Kier alpha value is -1.40. The highest BCUT2D eigenvalue weighted by molar-refractivity contribution is 7.91. The summed E-state index contributed by atoms with van der Waals surface area (Å²) in [6.07, 6.45) is 3.28. The van der Waals surface area contributed by atoms with Crippen LogP contribution in [0.2, 0.25) is 0 Å². The number of nitrogens with one attached hydrogen (secondary N) is 2. The van der Waals surface area contributed by atoms with E-state index in [4.69, 9.17) is 0 Å². The van der Waals surface area contributed by atoms with Crippen LogP contribution in [0.3, 0.4) is 0 Å². The number of hydrogen-bond donors (Lipinski definition) is 2. The lowest BCUT2D eigenvalue weighted by Crippen LogP contribution is -2.32. The van der Waals surface area contributed by atoms with Gasteiger partial charge in [-0.15, -0.1) is 0 Å². The number of sulfone groups is 1. The van der Waals surface area contributed by atoms with Crippen LogP contribution in [-0.4, -0.2) is 33.2 Å². The fourth-order valence-corrected chi connectivity index (χ4v) is 5.15. The number of anilines is 1. The summed E-state index contributed by atoms with van der Waals surface area (Å²) in [6, 6.07) is 5.21. The third kappa shape index (κ3) is 3.75. The number of aryl methyl sites for hydroxylation is 1. The summed E-state index contributed by atoms with van der Waals surface area (Å²) in [5, 5.41) is 6.20. The number of hydrogen-bond acceptors (Lipinski definition) is 4. The molecule has 0 radical (unpaired) electrons. The monoisotopic (exact) mass is 336 g/mol. The average molecular weight is 336 g/mol. The summed E-state index contributed by atoms with van der Waals surface area (Å²) in [5.74, 6) is 1.07. The maximum atomic E-state index is 12.3. The van der Waals surface area contributed by atoms with Gasteiger partial charge in [-0.2, -0.15) is 0 Å². The molecule has 1 atom stereocenters. The van der Waals surface area contributed by atoms with Crippen molar-refractivity contribution in [3.8, 4) is 0 Å². The van der Waals surface area contributed by atoms with Gasteiger partial charge in [0.15, 0.2) is 9.84 Å². The molecule has 126 valence electrons. The first kappa shape index (κ1) is 16.5. The highest BCUT2D eigenvalue weighted by atomic mass is 32.2. The molecule has 2 N–H and O–H groups in total. The number of rotatable bonds is 4. The lowest BCUT2D eigenvalue weighted by Gasteiger charge is -2.27. The van der Waals surface area contributed by atoms with E-state index in [1.165, 1.54) is 0 Å². The van der Waals surface area contributed by atoms with Gasteiger partial charge < -0.3 is 10.6 Å². The molecule has 1 aromatic rings. The van der Waals surface area contributed by atoms with E-state index < -0.39 is 9.84 Å². The number of amides is 1. The van der Waals surface area contributed by atoms with Crippen molar-refractivity contribution in [3.63, 3.8) is 0 Å². The van der Waals surface area contributed by atoms with E-state index in [1.54, 1.807) is 12.1 Å². The molecule has 5 nitrogen and oxygen atoms in total. The second kappa shape index (κ2) is 6.61. The fraction of sp³-hybridized carbons (Fsp3) is 0.588. The van der Waals surface area contributed by atoms with E-state index in [2.05, 4.69) is 17.6 Å². The van der Waals surface area contributed by atoms with E-state index in [-0.39, 0.29) is 11.7 Å². The van der Waals surface area contributed by atoms with E-state index in [9.17, 15) is 13.2 Å². The third-order valence-electron chi connectivity index (χ3n) is 5.02. The van der Waals surface area contributed by atoms with Crippen molar-refractivity contribution in [2.45, 2.75) is 37.5 Å². The van der Waals surface area contributed by atoms with Crippen LogP contribution in [0.15, 0.2) is 23.1 Å². The number of carbonyl (C=O) groups excluding carboxylic acids is 1. The molecule has 0 saturated carbocycles. The normalized spacial score (nSPS) is 21.6. The summed E-state index contributed by atoms with van der Waals surface area (Å²) < 4.78 is 23.9. The van der Waals surface area contributed by atoms with Crippen molar-refractivity contribution in [2.75, 3.05) is 24.2 Å². The Labute approximate surface area is 137 Å². The SMILES string of the molecule is CC(CC(=O)Nc1ccc2c(c1)S(=O)(=O)CC2)C1CCNCC1. The molecule has 2 aliphatic heterocycles. The van der Waals surface area contributed by atoms with Gasteiger partial charge in [0, 0.05) is 12.1 Å². The highest BCUT2D eigenvalue weighted by Gasteiger charge is 2.27. The van der Waals surface area contributed by atoms with E-state index in [0.29, 0.717) is 35.3 Å². The molecule has 2 aliphatic rings. The Kier molecular flexibility index (Phi) is 4.73.